The van der Waals surface area contributed by atoms with Crippen LogP contribution in [-0.2, 0) is 0 Å². The molecule has 3 nitrogen and oxygen atoms in total. The van der Waals surface area contributed by atoms with Crippen molar-refractivity contribution in [2.24, 2.45) is 0 Å². The Balaban J connectivity index is 2.14. The van der Waals surface area contributed by atoms with E-state index < -0.39 is 0 Å². The molecule has 1 saturated carbocycles. The number of hydrogen-bond donors (Lipinski definition) is 1. The molecule has 1 fully saturated rings. The van der Waals surface area contributed by atoms with Gasteiger partial charge in [0.25, 0.3) is 0 Å². The molecular formula is C13H20N2O. The molecule has 2 rings (SSSR count). The highest BCUT2D eigenvalue weighted by molar-refractivity contribution is 5.61. The zero-order valence-corrected chi connectivity index (χ0v) is 10.1. The number of nitrogen functional groups attached to an aromatic ring is 1. The van der Waals surface area contributed by atoms with Gasteiger partial charge in [-0.2, -0.15) is 0 Å². The fourth-order valence-corrected chi connectivity index (χ4v) is 1.79. The van der Waals surface area contributed by atoms with Crippen molar-refractivity contribution in [3.8, 4) is 5.75 Å². The molecule has 0 aliphatic heterocycles. The summed E-state index contributed by atoms with van der Waals surface area (Å²) in [5, 5.41) is 0. The average molecular weight is 220 g/mol. The number of nitrogens with two attached hydrogens (primary N) is 1. The first-order valence-corrected chi connectivity index (χ1v) is 5.97. The zero-order chi connectivity index (χ0) is 11.5. The van der Waals surface area contributed by atoms with Crippen LogP contribution in [0.4, 0.5) is 11.4 Å². The highest BCUT2D eigenvalue weighted by Gasteiger charge is 2.26. The van der Waals surface area contributed by atoms with Crippen molar-refractivity contribution in [2.45, 2.75) is 32.2 Å². The second-order valence-corrected chi connectivity index (χ2v) is 4.45. The Bertz CT molecular complexity index is 361. The van der Waals surface area contributed by atoms with E-state index in [1.165, 1.54) is 12.8 Å². The van der Waals surface area contributed by atoms with E-state index in [0.29, 0.717) is 6.04 Å². The zero-order valence-electron chi connectivity index (χ0n) is 10.1. The van der Waals surface area contributed by atoms with Crippen LogP contribution >= 0.6 is 0 Å². The van der Waals surface area contributed by atoms with Crippen molar-refractivity contribution in [1.82, 2.24) is 0 Å². The Morgan fingerprint density at radius 3 is 2.75 bits per heavy atom. The van der Waals surface area contributed by atoms with Crippen LogP contribution in [0, 0.1) is 0 Å². The Hall–Kier alpha value is -1.38. The molecule has 0 aromatic heterocycles. The van der Waals surface area contributed by atoms with Gasteiger partial charge in [-0.15, -0.1) is 0 Å². The summed E-state index contributed by atoms with van der Waals surface area (Å²) in [5.74, 6) is 0.879. The molecule has 1 aromatic rings. The third-order valence-corrected chi connectivity index (χ3v) is 2.89. The van der Waals surface area contributed by atoms with Crippen molar-refractivity contribution >= 4 is 11.4 Å². The Kier molecular flexibility index (Phi) is 3.22. The first-order valence-electron chi connectivity index (χ1n) is 5.97. The summed E-state index contributed by atoms with van der Waals surface area (Å²) in [6, 6.07) is 6.67. The van der Waals surface area contributed by atoms with Crippen LogP contribution < -0.4 is 15.4 Å². The van der Waals surface area contributed by atoms with Crippen molar-refractivity contribution in [3.63, 3.8) is 0 Å². The highest BCUT2D eigenvalue weighted by atomic mass is 16.5. The van der Waals surface area contributed by atoms with Gasteiger partial charge in [0.05, 0.1) is 6.61 Å². The van der Waals surface area contributed by atoms with Gasteiger partial charge in [-0.3, -0.25) is 0 Å². The molecule has 0 saturated heterocycles. The van der Waals surface area contributed by atoms with Gasteiger partial charge in [-0.25, -0.2) is 0 Å². The first-order chi connectivity index (χ1) is 7.70. The lowest BCUT2D eigenvalue weighted by molar-refractivity contribution is 0.317. The lowest BCUT2D eigenvalue weighted by Gasteiger charge is -2.20. The summed E-state index contributed by atoms with van der Waals surface area (Å²) >= 11 is 0. The summed E-state index contributed by atoms with van der Waals surface area (Å²) in [4.78, 5) is 2.29. The summed E-state index contributed by atoms with van der Waals surface area (Å²) < 4.78 is 5.62. The van der Waals surface area contributed by atoms with Gasteiger partial charge in [-0.1, -0.05) is 6.92 Å². The topological polar surface area (TPSA) is 38.5 Å². The molecule has 0 heterocycles. The number of benzene rings is 1. The quantitative estimate of drug-likeness (QED) is 0.775. The molecule has 0 atom stereocenters. The lowest BCUT2D eigenvalue weighted by Crippen LogP contribution is -2.19. The number of nitrogens with zero attached hydrogens (tertiary/aromatic N) is 1. The maximum Gasteiger partial charge on any atom is 0.123 e. The lowest BCUT2D eigenvalue weighted by atomic mass is 10.2. The normalized spacial score (nSPS) is 14.9. The molecule has 0 radical (unpaired) electrons. The van der Waals surface area contributed by atoms with Crippen LogP contribution in [0.3, 0.4) is 0 Å². The molecule has 0 unspecified atom stereocenters. The van der Waals surface area contributed by atoms with E-state index in [1.807, 2.05) is 12.1 Å². The van der Waals surface area contributed by atoms with E-state index >= 15 is 0 Å². The van der Waals surface area contributed by atoms with E-state index in [9.17, 15) is 0 Å². The second kappa shape index (κ2) is 4.64. The molecule has 0 amide bonds. The molecule has 2 N–H and O–H groups in total. The van der Waals surface area contributed by atoms with Crippen LogP contribution in [0.5, 0.6) is 5.75 Å². The van der Waals surface area contributed by atoms with Crippen LogP contribution in [0.25, 0.3) is 0 Å². The van der Waals surface area contributed by atoms with Gasteiger partial charge in [0.15, 0.2) is 0 Å². The minimum atomic E-state index is 0.695. The van der Waals surface area contributed by atoms with Crippen LogP contribution in [-0.4, -0.2) is 19.7 Å². The van der Waals surface area contributed by atoms with Crippen LogP contribution in [0.2, 0.25) is 0 Å². The Labute approximate surface area is 97.2 Å². The largest absolute Gasteiger partial charge is 0.493 e. The maximum absolute atomic E-state index is 5.88. The first kappa shape index (κ1) is 11.1. The molecule has 1 aliphatic carbocycles. The van der Waals surface area contributed by atoms with Gasteiger partial charge in [-0.05, 0) is 25.3 Å². The van der Waals surface area contributed by atoms with E-state index in [0.717, 1.165) is 30.2 Å². The molecule has 16 heavy (non-hydrogen) atoms. The van der Waals surface area contributed by atoms with E-state index in [-0.39, 0.29) is 0 Å². The van der Waals surface area contributed by atoms with Gasteiger partial charge in [0, 0.05) is 36.6 Å². The molecular weight excluding hydrogens is 200 g/mol. The Morgan fingerprint density at radius 1 is 1.38 bits per heavy atom. The van der Waals surface area contributed by atoms with E-state index in [2.05, 4.69) is 24.9 Å². The van der Waals surface area contributed by atoms with Gasteiger partial charge in [0.2, 0.25) is 0 Å². The van der Waals surface area contributed by atoms with Gasteiger partial charge in [0.1, 0.15) is 5.75 Å². The average Bonchev–Trinajstić information content (AvgIpc) is 3.08. The number of hydrogen-bond acceptors (Lipinski definition) is 3. The van der Waals surface area contributed by atoms with Gasteiger partial charge < -0.3 is 15.4 Å². The third-order valence-electron chi connectivity index (χ3n) is 2.89. The summed E-state index contributed by atoms with van der Waals surface area (Å²) in [6.45, 7) is 2.85. The van der Waals surface area contributed by atoms with Gasteiger partial charge >= 0.3 is 0 Å². The number of ether oxygens (including phenoxy) is 1. The summed E-state index contributed by atoms with van der Waals surface area (Å²) in [7, 11) is 2.12. The van der Waals surface area contributed by atoms with Crippen molar-refractivity contribution in [3.05, 3.63) is 18.2 Å². The monoisotopic (exact) mass is 220 g/mol. The summed E-state index contributed by atoms with van der Waals surface area (Å²) in [6.07, 6.45) is 3.59. The molecule has 88 valence electrons. The predicted molar refractivity (Wildman–Crippen MR) is 68.1 cm³/mol. The SMILES string of the molecule is CCCOc1cc(N)cc(N(C)C2CC2)c1. The fourth-order valence-electron chi connectivity index (χ4n) is 1.79. The third kappa shape index (κ3) is 2.60. The fraction of sp³-hybridized carbons (Fsp3) is 0.538. The van der Waals surface area contributed by atoms with Crippen LogP contribution in [0.15, 0.2) is 18.2 Å². The van der Waals surface area contributed by atoms with Crippen LogP contribution in [0.1, 0.15) is 26.2 Å². The van der Waals surface area contributed by atoms with Crippen molar-refractivity contribution < 1.29 is 4.74 Å². The van der Waals surface area contributed by atoms with E-state index in [1.54, 1.807) is 0 Å². The predicted octanol–water partition coefficient (Wildman–Crippen LogP) is 2.66. The number of anilines is 2. The maximum atomic E-state index is 5.88. The smallest absolute Gasteiger partial charge is 0.123 e. The minimum Gasteiger partial charge on any atom is -0.493 e. The molecule has 3 heteroatoms. The van der Waals surface area contributed by atoms with E-state index in [4.69, 9.17) is 10.5 Å². The second-order valence-electron chi connectivity index (χ2n) is 4.45. The van der Waals surface area contributed by atoms with Crippen molar-refractivity contribution in [1.29, 1.82) is 0 Å². The molecule has 0 bridgehead atoms. The standard InChI is InChI=1S/C13H20N2O/c1-3-6-16-13-8-10(14)7-12(9-13)15(2)11-4-5-11/h7-9,11H,3-6,14H2,1-2H3. The molecule has 0 spiro atoms. The number of rotatable bonds is 5. The highest BCUT2D eigenvalue weighted by Crippen LogP contribution is 2.33. The molecule has 1 aliphatic rings. The summed E-state index contributed by atoms with van der Waals surface area (Å²) in [5.41, 5.74) is 7.82. The Morgan fingerprint density at radius 2 is 2.12 bits per heavy atom. The molecule has 1 aromatic carbocycles. The minimum absolute atomic E-state index is 0.695. The van der Waals surface area contributed by atoms with Crippen molar-refractivity contribution in [2.75, 3.05) is 24.3 Å².